The van der Waals surface area contributed by atoms with E-state index in [-0.39, 0.29) is 36.6 Å². The van der Waals surface area contributed by atoms with Gasteiger partial charge in [0.05, 0.1) is 5.75 Å². The van der Waals surface area contributed by atoms with E-state index in [0.29, 0.717) is 31.5 Å². The first-order chi connectivity index (χ1) is 13.9. The molecule has 2 N–H and O–H groups in total. The second-order valence-electron chi connectivity index (χ2n) is 7.21. The third kappa shape index (κ3) is 5.55. The van der Waals surface area contributed by atoms with Crippen LogP contribution in [0.5, 0.6) is 0 Å². The van der Waals surface area contributed by atoms with Gasteiger partial charge in [-0.05, 0) is 42.7 Å². The van der Waals surface area contributed by atoms with Crippen molar-refractivity contribution in [1.29, 1.82) is 0 Å². The Bertz CT molecular complexity index is 982. The predicted octanol–water partition coefficient (Wildman–Crippen LogP) is 1.89. The summed E-state index contributed by atoms with van der Waals surface area (Å²) in [5.74, 6) is -0.247. The maximum absolute atomic E-state index is 12.3. The van der Waals surface area contributed by atoms with Crippen molar-refractivity contribution in [3.05, 3.63) is 48.0 Å². The number of sulfonamides is 1. The van der Waals surface area contributed by atoms with Crippen molar-refractivity contribution in [2.75, 3.05) is 25.4 Å². The highest BCUT2D eigenvalue weighted by Crippen LogP contribution is 2.16. The lowest BCUT2D eigenvalue weighted by Gasteiger charge is -2.31. The summed E-state index contributed by atoms with van der Waals surface area (Å²) in [6.45, 7) is 2.75. The Morgan fingerprint density at radius 1 is 1.07 bits per heavy atom. The number of amides is 2. The molecule has 2 aromatic rings. The first-order valence-corrected chi connectivity index (χ1v) is 11.5. The highest BCUT2D eigenvalue weighted by molar-refractivity contribution is 7.89. The minimum atomic E-state index is -3.16. The summed E-state index contributed by atoms with van der Waals surface area (Å²) in [5, 5.41) is 7.78. The van der Waals surface area contributed by atoms with Crippen LogP contribution >= 0.6 is 0 Å². The zero-order chi connectivity index (χ0) is 20.9. The Balaban J connectivity index is 1.41. The number of fused-ring (bicyclic) bond motifs is 1. The molecule has 0 atom stereocenters. The molecule has 2 aromatic carbocycles. The molecule has 0 aromatic heterocycles. The van der Waals surface area contributed by atoms with Crippen molar-refractivity contribution in [1.82, 2.24) is 14.9 Å². The van der Waals surface area contributed by atoms with E-state index < -0.39 is 10.0 Å². The van der Waals surface area contributed by atoms with Gasteiger partial charge in [-0.1, -0.05) is 30.3 Å². The summed E-state index contributed by atoms with van der Waals surface area (Å²) in [6, 6.07) is 13.3. The molecule has 1 heterocycles. The van der Waals surface area contributed by atoms with E-state index in [1.807, 2.05) is 36.4 Å². The van der Waals surface area contributed by atoms with E-state index in [1.165, 1.54) is 4.31 Å². The Kier molecular flexibility index (Phi) is 6.87. The number of rotatable bonds is 7. The van der Waals surface area contributed by atoms with E-state index >= 15 is 0 Å². The molecule has 1 aliphatic heterocycles. The Labute approximate surface area is 171 Å². The maximum Gasteiger partial charge on any atom is 0.251 e. The normalized spacial score (nSPS) is 15.9. The van der Waals surface area contributed by atoms with E-state index in [1.54, 1.807) is 13.0 Å². The van der Waals surface area contributed by atoms with E-state index in [0.717, 1.165) is 10.8 Å². The summed E-state index contributed by atoms with van der Waals surface area (Å²) in [6.07, 6.45) is 1.40. The molecule has 0 unspecified atom stereocenters. The molecule has 0 saturated carbocycles. The average molecular weight is 418 g/mol. The lowest BCUT2D eigenvalue weighted by atomic mass is 10.1. The van der Waals surface area contributed by atoms with Crippen molar-refractivity contribution in [3.8, 4) is 0 Å². The van der Waals surface area contributed by atoms with E-state index in [4.69, 9.17) is 0 Å². The summed E-state index contributed by atoms with van der Waals surface area (Å²) in [7, 11) is -3.16. The Morgan fingerprint density at radius 3 is 2.45 bits per heavy atom. The topological polar surface area (TPSA) is 95.6 Å². The fourth-order valence-electron chi connectivity index (χ4n) is 3.48. The Hall–Kier alpha value is -2.45. The van der Waals surface area contributed by atoms with Crippen LogP contribution in [0, 0.1) is 0 Å². The number of hydrogen-bond donors (Lipinski definition) is 2. The lowest BCUT2D eigenvalue weighted by Crippen LogP contribution is -2.47. The van der Waals surface area contributed by atoms with Crippen LogP contribution in [0.15, 0.2) is 42.5 Å². The fraction of sp³-hybridized carbons (Fsp3) is 0.429. The standard InChI is InChI=1S/C21H27N3O4S/c1-2-29(27,28)24-13-10-19(11-14-24)23-20(25)9-12-22-21(26)18-8-7-16-5-3-4-6-17(16)15-18/h3-8,15,19H,2,9-14H2,1H3,(H,22,26)(H,23,25). The van der Waals surface area contributed by atoms with Crippen molar-refractivity contribution in [2.45, 2.75) is 32.2 Å². The molecule has 156 valence electrons. The zero-order valence-electron chi connectivity index (χ0n) is 16.6. The van der Waals surface area contributed by atoms with Crippen molar-refractivity contribution in [2.24, 2.45) is 0 Å². The quantitative estimate of drug-likeness (QED) is 0.719. The molecule has 8 heteroatoms. The molecule has 2 amide bonds. The summed E-state index contributed by atoms with van der Waals surface area (Å²) in [4.78, 5) is 24.5. The second kappa shape index (κ2) is 9.37. The van der Waals surface area contributed by atoms with Gasteiger partial charge in [-0.3, -0.25) is 9.59 Å². The van der Waals surface area contributed by atoms with Crippen molar-refractivity contribution >= 4 is 32.6 Å². The van der Waals surface area contributed by atoms with Crippen LogP contribution in [-0.4, -0.2) is 56.0 Å². The van der Waals surface area contributed by atoms with Gasteiger partial charge in [-0.2, -0.15) is 0 Å². The largest absolute Gasteiger partial charge is 0.353 e. The van der Waals surface area contributed by atoms with Crippen LogP contribution in [0.1, 0.15) is 36.5 Å². The number of hydrogen-bond acceptors (Lipinski definition) is 4. The molecule has 29 heavy (non-hydrogen) atoms. The average Bonchev–Trinajstić information content (AvgIpc) is 2.73. The SMILES string of the molecule is CCS(=O)(=O)N1CCC(NC(=O)CCNC(=O)c2ccc3ccccc3c2)CC1. The van der Waals surface area contributed by atoms with Crippen molar-refractivity contribution < 1.29 is 18.0 Å². The van der Waals surface area contributed by atoms with Gasteiger partial charge in [-0.15, -0.1) is 0 Å². The van der Waals surface area contributed by atoms with Gasteiger partial charge in [0.1, 0.15) is 0 Å². The van der Waals surface area contributed by atoms with E-state index in [2.05, 4.69) is 10.6 Å². The number of nitrogens with one attached hydrogen (secondary N) is 2. The van der Waals surface area contributed by atoms with Gasteiger partial charge >= 0.3 is 0 Å². The molecule has 0 bridgehead atoms. The molecular formula is C21H27N3O4S. The van der Waals surface area contributed by atoms with E-state index in [9.17, 15) is 18.0 Å². The second-order valence-corrected chi connectivity index (χ2v) is 9.47. The molecular weight excluding hydrogens is 390 g/mol. The van der Waals surface area contributed by atoms with Gasteiger partial charge in [0.25, 0.3) is 5.91 Å². The number of piperidine rings is 1. The molecule has 0 aliphatic carbocycles. The summed E-state index contributed by atoms with van der Waals surface area (Å²) < 4.78 is 25.2. The summed E-state index contributed by atoms with van der Waals surface area (Å²) >= 11 is 0. The van der Waals surface area contributed by atoms with Gasteiger partial charge in [0.2, 0.25) is 15.9 Å². The molecule has 0 spiro atoms. The number of nitrogens with zero attached hydrogens (tertiary/aromatic N) is 1. The monoisotopic (exact) mass is 417 g/mol. The minimum absolute atomic E-state index is 0.0259. The first-order valence-electron chi connectivity index (χ1n) is 9.93. The van der Waals surface area contributed by atoms with Crippen LogP contribution in [-0.2, 0) is 14.8 Å². The Morgan fingerprint density at radius 2 is 1.76 bits per heavy atom. The van der Waals surface area contributed by atoms with Crippen LogP contribution < -0.4 is 10.6 Å². The predicted molar refractivity (Wildman–Crippen MR) is 113 cm³/mol. The molecule has 3 rings (SSSR count). The third-order valence-corrected chi connectivity index (χ3v) is 7.11. The van der Waals surface area contributed by atoms with Crippen molar-refractivity contribution in [3.63, 3.8) is 0 Å². The first kappa shape index (κ1) is 21.3. The molecule has 0 radical (unpaired) electrons. The van der Waals surface area contributed by atoms with Gasteiger partial charge in [0, 0.05) is 37.7 Å². The number of carbonyl (C=O) groups is 2. The molecule has 7 nitrogen and oxygen atoms in total. The number of carbonyl (C=O) groups excluding carboxylic acids is 2. The van der Waals surface area contributed by atoms with Gasteiger partial charge in [0.15, 0.2) is 0 Å². The minimum Gasteiger partial charge on any atom is -0.353 e. The lowest BCUT2D eigenvalue weighted by molar-refractivity contribution is -0.121. The molecule has 1 aliphatic rings. The molecule has 1 saturated heterocycles. The van der Waals surface area contributed by atoms with Gasteiger partial charge in [-0.25, -0.2) is 12.7 Å². The third-order valence-electron chi connectivity index (χ3n) is 5.23. The maximum atomic E-state index is 12.3. The summed E-state index contributed by atoms with van der Waals surface area (Å²) in [5.41, 5.74) is 0.564. The fourth-order valence-corrected chi connectivity index (χ4v) is 4.62. The van der Waals surface area contributed by atoms with Crippen LogP contribution in [0.3, 0.4) is 0 Å². The highest BCUT2D eigenvalue weighted by Gasteiger charge is 2.27. The smallest absolute Gasteiger partial charge is 0.251 e. The van der Waals surface area contributed by atoms with Crippen LogP contribution in [0.25, 0.3) is 10.8 Å². The highest BCUT2D eigenvalue weighted by atomic mass is 32.2. The zero-order valence-corrected chi connectivity index (χ0v) is 17.4. The van der Waals surface area contributed by atoms with Crippen LogP contribution in [0.2, 0.25) is 0 Å². The molecule has 1 fully saturated rings. The van der Waals surface area contributed by atoms with Crippen LogP contribution in [0.4, 0.5) is 0 Å². The number of benzene rings is 2. The van der Waals surface area contributed by atoms with Gasteiger partial charge < -0.3 is 10.6 Å².